The van der Waals surface area contributed by atoms with Gasteiger partial charge in [-0.3, -0.25) is 0 Å². The molecule has 0 aliphatic carbocycles. The Morgan fingerprint density at radius 2 is 1.50 bits per heavy atom. The van der Waals surface area contributed by atoms with E-state index in [1.807, 2.05) is 0 Å². The Kier molecular flexibility index (Phi) is 5.43. The average Bonchev–Trinajstić information content (AvgIpc) is 1.68. The lowest BCUT2D eigenvalue weighted by Crippen LogP contribution is -2.21. The number of rotatable bonds is 4. The van der Waals surface area contributed by atoms with Crippen LogP contribution < -0.4 is 0 Å². The van der Waals surface area contributed by atoms with E-state index in [1.54, 1.807) is 0 Å². The van der Waals surface area contributed by atoms with Crippen LogP contribution in [0.1, 0.15) is 26.7 Å². The molecule has 0 atom stereocenters. The molecule has 0 rings (SSSR count). The number of hydrogen-bond acceptors (Lipinski definition) is 1. The Bertz CT molecular complexity index is 41.8. The molecule has 0 bridgehead atoms. The normalized spacial score (nSPS) is 10.9. The molecule has 0 N–H and O–H groups in total. The fraction of sp³-hybridized carbons (Fsp3) is 1.00. The van der Waals surface area contributed by atoms with Crippen LogP contribution in [-0.4, -0.2) is 28.1 Å². The molecule has 0 spiro atoms. The van der Waals surface area contributed by atoms with Crippen molar-refractivity contribution in [3.63, 3.8) is 0 Å². The molecule has 0 aromatic carbocycles. The molecule has 0 aromatic rings. The van der Waals surface area contributed by atoms with Crippen LogP contribution in [0.3, 0.4) is 0 Å². The number of nitrogens with zero attached hydrogens (tertiary/aromatic N) is 1. The monoisotopic (exact) mass is 131 g/mol. The maximum absolute atomic E-state index is 2.50. The SMILES string of the molecule is CCCN([SiH3])CCC. The van der Waals surface area contributed by atoms with Gasteiger partial charge in [-0.15, -0.1) is 0 Å². The van der Waals surface area contributed by atoms with E-state index in [2.05, 4.69) is 18.4 Å². The summed E-state index contributed by atoms with van der Waals surface area (Å²) in [5.41, 5.74) is 0. The van der Waals surface area contributed by atoms with Crippen molar-refractivity contribution >= 4 is 10.4 Å². The van der Waals surface area contributed by atoms with Gasteiger partial charge in [0.05, 0.1) is 10.4 Å². The summed E-state index contributed by atoms with van der Waals surface area (Å²) >= 11 is 0. The minimum Gasteiger partial charge on any atom is -0.332 e. The summed E-state index contributed by atoms with van der Waals surface area (Å²) in [5, 5.41) is 0. The maximum atomic E-state index is 2.50. The van der Waals surface area contributed by atoms with Crippen LogP contribution in [0.5, 0.6) is 0 Å². The van der Waals surface area contributed by atoms with Crippen molar-refractivity contribution in [2.24, 2.45) is 0 Å². The third-order valence-corrected chi connectivity index (χ3v) is 2.11. The highest BCUT2D eigenvalue weighted by Gasteiger charge is 1.89. The highest BCUT2D eigenvalue weighted by molar-refractivity contribution is 6.04. The van der Waals surface area contributed by atoms with E-state index >= 15 is 0 Å². The molecule has 0 amide bonds. The van der Waals surface area contributed by atoms with E-state index in [0.717, 1.165) is 0 Å². The zero-order valence-electron chi connectivity index (χ0n) is 6.28. The third-order valence-electron chi connectivity index (χ3n) is 1.21. The van der Waals surface area contributed by atoms with Crippen LogP contribution in [0, 0.1) is 0 Å². The van der Waals surface area contributed by atoms with Gasteiger partial charge in [0.1, 0.15) is 0 Å². The Hall–Kier alpha value is 0.177. The minimum atomic E-state index is 1.24. The fourth-order valence-electron chi connectivity index (χ4n) is 0.875. The summed E-state index contributed by atoms with van der Waals surface area (Å²) in [6.45, 7) is 7.08. The molecular weight excluding hydrogens is 114 g/mol. The van der Waals surface area contributed by atoms with Crippen molar-refractivity contribution in [3.05, 3.63) is 0 Å². The standard InChI is InChI=1S/C6H17NSi/c1-3-5-7(8)6-4-2/h3-6H2,1-2,8H3. The van der Waals surface area contributed by atoms with Crippen LogP contribution >= 0.6 is 0 Å². The predicted molar refractivity (Wildman–Crippen MR) is 42.1 cm³/mol. The average molecular weight is 131 g/mol. The summed E-state index contributed by atoms with van der Waals surface area (Å²) in [5.74, 6) is 0. The van der Waals surface area contributed by atoms with Gasteiger partial charge in [-0.2, -0.15) is 0 Å². The van der Waals surface area contributed by atoms with E-state index in [9.17, 15) is 0 Å². The summed E-state index contributed by atoms with van der Waals surface area (Å²) in [6.07, 6.45) is 2.62. The van der Waals surface area contributed by atoms with Gasteiger partial charge >= 0.3 is 0 Å². The maximum Gasteiger partial charge on any atom is 0.0784 e. The van der Waals surface area contributed by atoms with Gasteiger partial charge in [-0.1, -0.05) is 13.8 Å². The first-order valence-corrected chi connectivity index (χ1v) is 4.39. The molecule has 0 fully saturated rings. The van der Waals surface area contributed by atoms with Crippen LogP contribution in [0.4, 0.5) is 0 Å². The van der Waals surface area contributed by atoms with Crippen LogP contribution in [0.25, 0.3) is 0 Å². The minimum absolute atomic E-state index is 1.24. The largest absolute Gasteiger partial charge is 0.332 e. The Balaban J connectivity index is 2.92. The van der Waals surface area contributed by atoms with Gasteiger partial charge in [0.15, 0.2) is 0 Å². The summed E-state index contributed by atoms with van der Waals surface area (Å²) in [6, 6.07) is 0. The van der Waals surface area contributed by atoms with E-state index in [0.29, 0.717) is 0 Å². The molecule has 0 unspecified atom stereocenters. The van der Waals surface area contributed by atoms with E-state index in [-0.39, 0.29) is 0 Å². The molecule has 0 aliphatic heterocycles. The molecular formula is C6H17NSi. The first-order valence-electron chi connectivity index (χ1n) is 3.49. The van der Waals surface area contributed by atoms with Crippen molar-refractivity contribution in [1.29, 1.82) is 0 Å². The summed E-state index contributed by atoms with van der Waals surface area (Å²) in [4.78, 5) is 0. The smallest absolute Gasteiger partial charge is 0.0784 e. The second-order valence-corrected chi connectivity index (χ2v) is 3.57. The van der Waals surface area contributed by atoms with Gasteiger partial charge in [0.25, 0.3) is 0 Å². The Morgan fingerprint density at radius 3 is 1.75 bits per heavy atom. The van der Waals surface area contributed by atoms with Crippen molar-refractivity contribution in [1.82, 2.24) is 4.57 Å². The van der Waals surface area contributed by atoms with Gasteiger partial charge in [0.2, 0.25) is 0 Å². The lowest BCUT2D eigenvalue weighted by Gasteiger charge is -2.13. The van der Waals surface area contributed by atoms with E-state index in [4.69, 9.17) is 0 Å². The van der Waals surface area contributed by atoms with Crippen molar-refractivity contribution in [3.8, 4) is 0 Å². The topological polar surface area (TPSA) is 3.24 Å². The molecule has 0 saturated carbocycles. The third kappa shape index (κ3) is 4.34. The second kappa shape index (κ2) is 5.32. The lowest BCUT2D eigenvalue weighted by molar-refractivity contribution is 0.450. The molecule has 0 radical (unpaired) electrons. The molecule has 50 valence electrons. The van der Waals surface area contributed by atoms with Crippen molar-refractivity contribution in [2.45, 2.75) is 26.7 Å². The number of hydrogen-bond donors (Lipinski definition) is 0. The van der Waals surface area contributed by atoms with Gasteiger partial charge in [-0.25, -0.2) is 0 Å². The zero-order chi connectivity index (χ0) is 6.41. The van der Waals surface area contributed by atoms with Crippen molar-refractivity contribution in [2.75, 3.05) is 13.1 Å². The van der Waals surface area contributed by atoms with Crippen LogP contribution in [0.2, 0.25) is 0 Å². The highest BCUT2D eigenvalue weighted by Crippen LogP contribution is 1.86. The highest BCUT2D eigenvalue weighted by atomic mass is 28.2. The second-order valence-electron chi connectivity index (χ2n) is 2.30. The fourth-order valence-corrected chi connectivity index (χ4v) is 1.77. The van der Waals surface area contributed by atoms with Crippen LogP contribution in [0.15, 0.2) is 0 Å². The first-order chi connectivity index (χ1) is 3.81. The van der Waals surface area contributed by atoms with Crippen LogP contribution in [-0.2, 0) is 0 Å². The molecule has 0 aromatic heterocycles. The molecule has 1 nitrogen and oxygen atoms in total. The molecule has 0 saturated heterocycles. The molecule has 0 heterocycles. The predicted octanol–water partition coefficient (Wildman–Crippen LogP) is 0.389. The van der Waals surface area contributed by atoms with E-state index < -0.39 is 0 Å². The molecule has 2 heteroatoms. The van der Waals surface area contributed by atoms with Gasteiger partial charge in [0, 0.05) is 0 Å². The first kappa shape index (κ1) is 8.18. The van der Waals surface area contributed by atoms with Crippen molar-refractivity contribution < 1.29 is 0 Å². The Labute approximate surface area is 55.6 Å². The van der Waals surface area contributed by atoms with E-state index in [1.165, 1.54) is 36.3 Å². The molecule has 0 aliphatic rings. The van der Waals surface area contributed by atoms with Gasteiger partial charge in [-0.05, 0) is 25.9 Å². The lowest BCUT2D eigenvalue weighted by atomic mass is 10.4. The quantitative estimate of drug-likeness (QED) is 0.499. The van der Waals surface area contributed by atoms with Gasteiger partial charge < -0.3 is 4.57 Å². The summed E-state index contributed by atoms with van der Waals surface area (Å²) < 4.78 is 2.50. The Morgan fingerprint density at radius 1 is 1.12 bits per heavy atom. The summed E-state index contributed by atoms with van der Waals surface area (Å²) in [7, 11) is 1.24. The molecule has 8 heavy (non-hydrogen) atoms. The zero-order valence-corrected chi connectivity index (χ0v) is 8.28.